The Morgan fingerprint density at radius 2 is 2.24 bits per heavy atom. The molecule has 17 heavy (non-hydrogen) atoms. The zero-order valence-electron chi connectivity index (χ0n) is 10.2. The third kappa shape index (κ3) is 2.49. The average molecular weight is 238 g/mol. The van der Waals surface area contributed by atoms with Crippen molar-refractivity contribution >= 4 is 5.97 Å². The highest BCUT2D eigenvalue weighted by Crippen LogP contribution is 2.27. The van der Waals surface area contributed by atoms with E-state index in [4.69, 9.17) is 9.52 Å². The normalized spacial score (nSPS) is 20.4. The van der Waals surface area contributed by atoms with Crippen LogP contribution in [-0.4, -0.2) is 34.0 Å². The molecule has 2 rings (SSSR count). The minimum absolute atomic E-state index is 0.183. The molecule has 1 aromatic heterocycles. The van der Waals surface area contributed by atoms with Gasteiger partial charge < -0.3 is 9.52 Å². The van der Waals surface area contributed by atoms with Crippen LogP contribution in [0.4, 0.5) is 0 Å². The fourth-order valence-corrected chi connectivity index (χ4v) is 2.42. The number of hydrogen-bond donors (Lipinski definition) is 1. The van der Waals surface area contributed by atoms with Gasteiger partial charge in [-0.1, -0.05) is 0 Å². The third-order valence-electron chi connectivity index (χ3n) is 3.60. The van der Waals surface area contributed by atoms with Gasteiger partial charge in [-0.25, -0.2) is 4.98 Å². The van der Waals surface area contributed by atoms with Crippen LogP contribution in [0.1, 0.15) is 37.3 Å². The van der Waals surface area contributed by atoms with Crippen molar-refractivity contribution in [2.24, 2.45) is 5.92 Å². The van der Waals surface area contributed by atoms with E-state index in [0.29, 0.717) is 0 Å². The Labute approximate surface area is 100 Å². The predicted molar refractivity (Wildman–Crippen MR) is 61.6 cm³/mol. The molecule has 5 heteroatoms. The molecule has 1 aliphatic heterocycles. The van der Waals surface area contributed by atoms with Crippen LogP contribution in [-0.2, 0) is 4.79 Å². The molecule has 94 valence electrons. The van der Waals surface area contributed by atoms with Crippen molar-refractivity contribution in [2.45, 2.75) is 32.7 Å². The molecule has 0 spiro atoms. The van der Waals surface area contributed by atoms with Crippen molar-refractivity contribution < 1.29 is 14.3 Å². The van der Waals surface area contributed by atoms with E-state index in [1.807, 2.05) is 6.92 Å². The van der Waals surface area contributed by atoms with Crippen LogP contribution in [0.3, 0.4) is 0 Å². The van der Waals surface area contributed by atoms with Crippen LogP contribution in [0.5, 0.6) is 0 Å². The number of carboxylic acid groups (broad SMARTS) is 1. The first-order valence-electron chi connectivity index (χ1n) is 5.96. The SMILES string of the molecule is Cc1ocnc1C(C)N1CCC(C(=O)O)CC1. The number of aromatic nitrogens is 1. The summed E-state index contributed by atoms with van der Waals surface area (Å²) >= 11 is 0. The van der Waals surface area contributed by atoms with E-state index in [2.05, 4.69) is 16.8 Å². The summed E-state index contributed by atoms with van der Waals surface area (Å²) in [4.78, 5) is 17.4. The van der Waals surface area contributed by atoms with Gasteiger partial charge in [-0.15, -0.1) is 0 Å². The van der Waals surface area contributed by atoms with Crippen LogP contribution in [0.15, 0.2) is 10.8 Å². The number of hydrogen-bond acceptors (Lipinski definition) is 4. The lowest BCUT2D eigenvalue weighted by molar-refractivity contribution is -0.143. The molecule has 0 bridgehead atoms. The fraction of sp³-hybridized carbons (Fsp3) is 0.667. The Bertz CT molecular complexity index is 394. The Morgan fingerprint density at radius 3 is 2.71 bits per heavy atom. The molecule has 1 saturated heterocycles. The molecule has 0 aromatic carbocycles. The lowest BCUT2D eigenvalue weighted by Gasteiger charge is -2.34. The highest BCUT2D eigenvalue weighted by atomic mass is 16.4. The lowest BCUT2D eigenvalue weighted by atomic mass is 9.95. The van der Waals surface area contributed by atoms with Crippen molar-refractivity contribution in [1.82, 2.24) is 9.88 Å². The molecular weight excluding hydrogens is 220 g/mol. The predicted octanol–water partition coefficient (Wildman–Crippen LogP) is 1.84. The van der Waals surface area contributed by atoms with Crippen molar-refractivity contribution in [3.8, 4) is 0 Å². The summed E-state index contributed by atoms with van der Waals surface area (Å²) in [6, 6.07) is 0.198. The maximum Gasteiger partial charge on any atom is 0.306 e. The van der Waals surface area contributed by atoms with E-state index >= 15 is 0 Å². The second-order valence-corrected chi connectivity index (χ2v) is 4.62. The monoisotopic (exact) mass is 238 g/mol. The maximum absolute atomic E-state index is 10.9. The molecule has 1 N–H and O–H groups in total. The largest absolute Gasteiger partial charge is 0.481 e. The van der Waals surface area contributed by atoms with Crippen LogP contribution in [0.2, 0.25) is 0 Å². The van der Waals surface area contributed by atoms with Crippen molar-refractivity contribution in [2.75, 3.05) is 13.1 Å². The number of aryl methyl sites for hydroxylation is 1. The van der Waals surface area contributed by atoms with Crippen molar-refractivity contribution in [3.05, 3.63) is 17.8 Å². The number of carbonyl (C=O) groups is 1. The third-order valence-corrected chi connectivity index (χ3v) is 3.60. The molecule has 1 aliphatic rings. The lowest BCUT2D eigenvalue weighted by Crippen LogP contribution is -2.38. The second kappa shape index (κ2) is 4.87. The van der Waals surface area contributed by atoms with Gasteiger partial charge in [0.1, 0.15) is 5.76 Å². The number of piperidine rings is 1. The number of nitrogens with zero attached hydrogens (tertiary/aromatic N) is 2. The van der Waals surface area contributed by atoms with Crippen LogP contribution < -0.4 is 0 Å². The molecule has 2 heterocycles. The van der Waals surface area contributed by atoms with Gasteiger partial charge in [-0.05, 0) is 39.8 Å². The van der Waals surface area contributed by atoms with Crippen molar-refractivity contribution in [1.29, 1.82) is 0 Å². The van der Waals surface area contributed by atoms with Crippen LogP contribution >= 0.6 is 0 Å². The zero-order valence-corrected chi connectivity index (χ0v) is 10.2. The summed E-state index contributed by atoms with van der Waals surface area (Å²) in [5.74, 6) is -0.00960. The van der Waals surface area contributed by atoms with Gasteiger partial charge in [0.15, 0.2) is 6.39 Å². The maximum atomic E-state index is 10.9. The van der Waals surface area contributed by atoms with Gasteiger partial charge in [0.2, 0.25) is 0 Å². The summed E-state index contributed by atoms with van der Waals surface area (Å²) < 4.78 is 5.20. The minimum Gasteiger partial charge on any atom is -0.481 e. The Morgan fingerprint density at radius 1 is 1.59 bits per heavy atom. The molecule has 5 nitrogen and oxygen atoms in total. The van der Waals surface area contributed by atoms with Gasteiger partial charge in [0, 0.05) is 0 Å². The first kappa shape index (κ1) is 12.1. The first-order chi connectivity index (χ1) is 8.09. The smallest absolute Gasteiger partial charge is 0.306 e. The number of carboxylic acids is 1. The van der Waals surface area contributed by atoms with E-state index in [0.717, 1.165) is 37.4 Å². The summed E-state index contributed by atoms with van der Waals surface area (Å²) in [5, 5.41) is 8.95. The molecule has 1 fully saturated rings. The van der Waals surface area contributed by atoms with Gasteiger partial charge in [0.25, 0.3) is 0 Å². The Hall–Kier alpha value is -1.36. The topological polar surface area (TPSA) is 66.6 Å². The van der Waals surface area contributed by atoms with E-state index in [1.54, 1.807) is 0 Å². The number of oxazole rings is 1. The Balaban J connectivity index is 1.97. The van der Waals surface area contributed by atoms with Crippen LogP contribution in [0, 0.1) is 12.8 Å². The van der Waals surface area contributed by atoms with Crippen molar-refractivity contribution in [3.63, 3.8) is 0 Å². The molecule has 1 unspecified atom stereocenters. The number of likely N-dealkylation sites (tertiary alicyclic amines) is 1. The summed E-state index contributed by atoms with van der Waals surface area (Å²) in [6.45, 7) is 5.61. The number of rotatable bonds is 3. The van der Waals surface area contributed by atoms with E-state index in [1.165, 1.54) is 6.39 Å². The van der Waals surface area contributed by atoms with E-state index in [-0.39, 0.29) is 12.0 Å². The fourth-order valence-electron chi connectivity index (χ4n) is 2.42. The van der Waals surface area contributed by atoms with Gasteiger partial charge in [-0.2, -0.15) is 0 Å². The minimum atomic E-state index is -0.671. The van der Waals surface area contributed by atoms with Gasteiger partial charge in [-0.3, -0.25) is 9.69 Å². The molecule has 0 saturated carbocycles. The highest BCUT2D eigenvalue weighted by Gasteiger charge is 2.28. The van der Waals surface area contributed by atoms with E-state index < -0.39 is 5.97 Å². The molecule has 0 aliphatic carbocycles. The molecule has 0 amide bonds. The highest BCUT2D eigenvalue weighted by molar-refractivity contribution is 5.70. The van der Waals surface area contributed by atoms with Crippen LogP contribution in [0.25, 0.3) is 0 Å². The molecule has 0 radical (unpaired) electrons. The Kier molecular flexibility index (Phi) is 3.47. The summed E-state index contributed by atoms with van der Waals surface area (Å²) in [5.41, 5.74) is 0.957. The quantitative estimate of drug-likeness (QED) is 0.870. The second-order valence-electron chi connectivity index (χ2n) is 4.62. The number of aliphatic carboxylic acids is 1. The standard InChI is InChI=1S/C12H18N2O3/c1-8(11-9(2)17-7-13-11)14-5-3-10(4-6-14)12(15)16/h7-8,10H,3-6H2,1-2H3,(H,15,16). The molecule has 1 aromatic rings. The zero-order chi connectivity index (χ0) is 12.4. The summed E-state index contributed by atoms with van der Waals surface area (Å²) in [7, 11) is 0. The summed E-state index contributed by atoms with van der Waals surface area (Å²) in [6.07, 6.45) is 2.90. The van der Waals surface area contributed by atoms with Gasteiger partial charge >= 0.3 is 5.97 Å². The molecular formula is C12H18N2O3. The average Bonchev–Trinajstić information content (AvgIpc) is 2.74. The van der Waals surface area contributed by atoms with Gasteiger partial charge in [0.05, 0.1) is 17.7 Å². The first-order valence-corrected chi connectivity index (χ1v) is 5.96. The molecule has 1 atom stereocenters. The van der Waals surface area contributed by atoms with E-state index in [9.17, 15) is 4.79 Å².